The molecule has 5 rings (SSSR count). The minimum absolute atomic E-state index is 0.240. The fourth-order valence-corrected chi connectivity index (χ4v) is 4.25. The van der Waals surface area contributed by atoms with Crippen LogP contribution in [0.5, 0.6) is 0 Å². The summed E-state index contributed by atoms with van der Waals surface area (Å²) in [6, 6.07) is 25.9. The highest BCUT2D eigenvalue weighted by Gasteiger charge is 2.19. The van der Waals surface area contributed by atoms with Gasteiger partial charge in [-0.1, -0.05) is 60.7 Å². The fourth-order valence-electron chi connectivity index (χ4n) is 4.25. The Morgan fingerprint density at radius 2 is 1.53 bits per heavy atom. The average Bonchev–Trinajstić information content (AvgIpc) is 3.33. The van der Waals surface area contributed by atoms with Crippen molar-refractivity contribution in [1.29, 1.82) is 0 Å². The van der Waals surface area contributed by atoms with Crippen LogP contribution >= 0.6 is 0 Å². The summed E-state index contributed by atoms with van der Waals surface area (Å²) in [6.07, 6.45) is 2.11. The van der Waals surface area contributed by atoms with Gasteiger partial charge in [0.2, 0.25) is 0 Å². The molecule has 0 amide bonds. The number of fused-ring (bicyclic) bond motifs is 1. The van der Waals surface area contributed by atoms with Crippen molar-refractivity contribution in [2.45, 2.75) is 19.5 Å². The van der Waals surface area contributed by atoms with Crippen LogP contribution in [-0.4, -0.2) is 31.8 Å². The summed E-state index contributed by atoms with van der Waals surface area (Å²) < 4.78 is 9.26. The van der Waals surface area contributed by atoms with Crippen LogP contribution < -0.4 is 11.2 Å². The second kappa shape index (κ2) is 9.87. The van der Waals surface area contributed by atoms with Crippen molar-refractivity contribution in [3.05, 3.63) is 129 Å². The molecule has 0 radical (unpaired) electrons. The van der Waals surface area contributed by atoms with Gasteiger partial charge in [0.1, 0.15) is 0 Å². The van der Waals surface area contributed by atoms with Crippen molar-refractivity contribution in [2.75, 3.05) is 7.11 Å². The largest absolute Gasteiger partial charge is 0.465 e. The molecule has 0 spiro atoms. The highest BCUT2D eigenvalue weighted by Crippen LogP contribution is 2.15. The Bertz CT molecular complexity index is 1630. The van der Waals surface area contributed by atoms with Crippen LogP contribution in [0.1, 0.15) is 21.5 Å². The van der Waals surface area contributed by atoms with Crippen molar-refractivity contribution >= 4 is 17.1 Å². The first-order chi connectivity index (χ1) is 17.6. The van der Waals surface area contributed by atoms with E-state index in [1.165, 1.54) is 16.2 Å². The number of carbonyl (C=O) groups excluding carboxylic acids is 1. The number of para-hydroxylation sites is 1. The Kier molecular flexibility index (Phi) is 6.32. The number of aromatic nitrogens is 4. The lowest BCUT2D eigenvalue weighted by atomic mass is 10.1. The monoisotopic (exact) mass is 480 g/mol. The molecule has 0 N–H and O–H groups in total. The number of imidazole rings is 1. The van der Waals surface area contributed by atoms with Gasteiger partial charge in [0, 0.05) is 13.1 Å². The number of ether oxygens (including phenoxy) is 1. The van der Waals surface area contributed by atoms with E-state index >= 15 is 0 Å². The molecule has 36 heavy (non-hydrogen) atoms. The summed E-state index contributed by atoms with van der Waals surface area (Å²) in [5.41, 5.74) is 2.81. The Balaban J connectivity index is 1.62. The van der Waals surface area contributed by atoms with Gasteiger partial charge in [-0.2, -0.15) is 0 Å². The van der Waals surface area contributed by atoms with E-state index in [-0.39, 0.29) is 12.1 Å². The van der Waals surface area contributed by atoms with Crippen LogP contribution in [0.3, 0.4) is 0 Å². The van der Waals surface area contributed by atoms with Crippen LogP contribution in [-0.2, 0) is 24.2 Å². The van der Waals surface area contributed by atoms with Crippen molar-refractivity contribution in [1.82, 2.24) is 18.7 Å². The van der Waals surface area contributed by atoms with E-state index in [0.29, 0.717) is 35.4 Å². The van der Waals surface area contributed by atoms with E-state index < -0.39 is 11.7 Å². The fraction of sp³-hybridized carbons (Fsp3) is 0.143. The first-order valence-corrected chi connectivity index (χ1v) is 11.5. The van der Waals surface area contributed by atoms with Crippen molar-refractivity contribution in [3.8, 4) is 5.69 Å². The molecule has 0 bridgehead atoms. The summed E-state index contributed by atoms with van der Waals surface area (Å²) in [7, 11) is 1.34. The molecule has 3 aromatic carbocycles. The van der Waals surface area contributed by atoms with E-state index in [0.717, 1.165) is 11.1 Å². The maximum absolute atomic E-state index is 13.6. The average molecular weight is 481 g/mol. The number of rotatable bonds is 7. The minimum Gasteiger partial charge on any atom is -0.465 e. The standard InChI is InChI=1S/C28H24N4O4/c1-36-27(34)22-14-12-21(13-15-22)18-30-19-29-25-24(30)26(33)31(17-16-20-8-4-2-5-9-20)28(35)32(25)23-10-6-3-7-11-23/h2-15,19H,16-18H2,1H3. The second-order valence-corrected chi connectivity index (χ2v) is 8.38. The van der Waals surface area contributed by atoms with Crippen molar-refractivity contribution < 1.29 is 9.53 Å². The van der Waals surface area contributed by atoms with Gasteiger partial charge in [-0.05, 0) is 41.8 Å². The number of methoxy groups -OCH3 is 1. The summed E-state index contributed by atoms with van der Waals surface area (Å²) in [6.45, 7) is 0.586. The van der Waals surface area contributed by atoms with Crippen LogP contribution in [0.2, 0.25) is 0 Å². The molecule has 0 aliphatic rings. The molecule has 0 aliphatic heterocycles. The molecule has 0 atom stereocenters. The summed E-state index contributed by atoms with van der Waals surface area (Å²) in [5, 5.41) is 0. The molecule has 0 saturated heterocycles. The molecule has 2 aromatic heterocycles. The van der Waals surface area contributed by atoms with E-state index in [1.807, 2.05) is 60.7 Å². The van der Waals surface area contributed by atoms with Crippen LogP contribution in [0, 0.1) is 0 Å². The molecule has 2 heterocycles. The number of aryl methyl sites for hydroxylation is 1. The quantitative estimate of drug-likeness (QED) is 0.333. The molecule has 8 heteroatoms. The normalized spacial score (nSPS) is 11.0. The number of carbonyl (C=O) groups is 1. The maximum atomic E-state index is 13.6. The summed E-state index contributed by atoms with van der Waals surface area (Å²) in [5.74, 6) is -0.414. The number of nitrogens with zero attached hydrogens (tertiary/aromatic N) is 4. The number of benzene rings is 3. The van der Waals surface area contributed by atoms with Gasteiger partial charge in [0.25, 0.3) is 5.56 Å². The third kappa shape index (κ3) is 4.36. The smallest absolute Gasteiger partial charge is 0.337 e. The highest BCUT2D eigenvalue weighted by atomic mass is 16.5. The van der Waals surface area contributed by atoms with Gasteiger partial charge in [0.15, 0.2) is 11.2 Å². The maximum Gasteiger partial charge on any atom is 0.337 e. The molecule has 0 aliphatic carbocycles. The number of hydrogen-bond acceptors (Lipinski definition) is 5. The lowest BCUT2D eigenvalue weighted by Crippen LogP contribution is -2.40. The molecule has 180 valence electrons. The topological polar surface area (TPSA) is 88.1 Å². The first-order valence-electron chi connectivity index (χ1n) is 11.5. The summed E-state index contributed by atoms with van der Waals surface area (Å²) in [4.78, 5) is 43.4. The van der Waals surface area contributed by atoms with E-state index in [4.69, 9.17) is 4.74 Å². The Morgan fingerprint density at radius 1 is 0.861 bits per heavy atom. The van der Waals surface area contributed by atoms with E-state index in [9.17, 15) is 14.4 Å². The van der Waals surface area contributed by atoms with Crippen molar-refractivity contribution in [2.24, 2.45) is 0 Å². The third-order valence-corrected chi connectivity index (χ3v) is 6.11. The molecule has 0 fully saturated rings. The van der Waals surface area contributed by atoms with Gasteiger partial charge in [-0.25, -0.2) is 19.1 Å². The molecular formula is C28H24N4O4. The zero-order valence-corrected chi connectivity index (χ0v) is 19.7. The lowest BCUT2D eigenvalue weighted by molar-refractivity contribution is 0.0600. The molecular weight excluding hydrogens is 456 g/mol. The Hall–Kier alpha value is -4.72. The molecule has 0 unspecified atom stereocenters. The summed E-state index contributed by atoms with van der Waals surface area (Å²) >= 11 is 0. The number of hydrogen-bond donors (Lipinski definition) is 0. The van der Waals surface area contributed by atoms with Crippen LogP contribution in [0.25, 0.3) is 16.9 Å². The van der Waals surface area contributed by atoms with Crippen LogP contribution in [0.4, 0.5) is 0 Å². The van der Waals surface area contributed by atoms with Gasteiger partial charge in [-0.3, -0.25) is 9.36 Å². The zero-order chi connectivity index (χ0) is 25.1. The minimum atomic E-state index is -0.428. The van der Waals surface area contributed by atoms with Gasteiger partial charge in [-0.15, -0.1) is 0 Å². The van der Waals surface area contributed by atoms with Gasteiger partial charge in [0.05, 0.1) is 24.7 Å². The SMILES string of the molecule is COC(=O)c1ccc(Cn2cnc3c2c(=O)n(CCc2ccccc2)c(=O)n3-c2ccccc2)cc1. The third-order valence-electron chi connectivity index (χ3n) is 6.11. The lowest BCUT2D eigenvalue weighted by Gasteiger charge is -2.13. The van der Waals surface area contributed by atoms with Gasteiger partial charge < -0.3 is 9.30 Å². The van der Waals surface area contributed by atoms with Gasteiger partial charge >= 0.3 is 11.7 Å². The molecule has 0 saturated carbocycles. The molecule has 5 aromatic rings. The Morgan fingerprint density at radius 3 is 2.19 bits per heavy atom. The van der Waals surface area contributed by atoms with E-state index in [2.05, 4.69) is 4.98 Å². The first kappa shape index (κ1) is 23.0. The number of esters is 1. The van der Waals surface area contributed by atoms with Crippen molar-refractivity contribution in [3.63, 3.8) is 0 Å². The zero-order valence-electron chi connectivity index (χ0n) is 19.7. The molecule has 8 nitrogen and oxygen atoms in total. The predicted molar refractivity (Wildman–Crippen MR) is 137 cm³/mol. The van der Waals surface area contributed by atoms with Crippen LogP contribution in [0.15, 0.2) is 101 Å². The van der Waals surface area contributed by atoms with E-state index in [1.54, 1.807) is 35.2 Å². The highest BCUT2D eigenvalue weighted by molar-refractivity contribution is 5.89. The Labute approximate surface area is 206 Å². The predicted octanol–water partition coefficient (Wildman–Crippen LogP) is 3.43. The second-order valence-electron chi connectivity index (χ2n) is 8.38.